The highest BCUT2D eigenvalue weighted by Crippen LogP contribution is 2.45. The van der Waals surface area contributed by atoms with Crippen molar-refractivity contribution < 1.29 is 19.6 Å². The average molecular weight is 281 g/mol. The van der Waals surface area contributed by atoms with Crippen molar-refractivity contribution in [3.05, 3.63) is 27.9 Å². The van der Waals surface area contributed by atoms with Crippen molar-refractivity contribution in [1.82, 2.24) is 4.98 Å². The molecule has 0 bridgehead atoms. The summed E-state index contributed by atoms with van der Waals surface area (Å²) in [7, 11) is 1.21. The molecule has 1 aromatic rings. The monoisotopic (exact) mass is 281 g/mol. The van der Waals surface area contributed by atoms with Crippen molar-refractivity contribution in [2.45, 2.75) is 12.8 Å². The number of aliphatic hydroxyl groups excluding tert-OH is 1. The molecule has 0 radical (unpaired) electrons. The average Bonchev–Trinajstić information content (AvgIpc) is 3.24. The number of hydrogen-bond donors (Lipinski definition) is 2. The van der Waals surface area contributed by atoms with E-state index in [-0.39, 0.29) is 29.2 Å². The van der Waals surface area contributed by atoms with E-state index in [0.29, 0.717) is 6.54 Å². The van der Waals surface area contributed by atoms with Gasteiger partial charge in [-0.2, -0.15) is 0 Å². The minimum absolute atomic E-state index is 0.00514. The van der Waals surface area contributed by atoms with Crippen LogP contribution < -0.4 is 5.32 Å². The van der Waals surface area contributed by atoms with Crippen molar-refractivity contribution in [3.8, 4) is 0 Å². The van der Waals surface area contributed by atoms with Gasteiger partial charge in [-0.3, -0.25) is 10.1 Å². The lowest BCUT2D eigenvalue weighted by molar-refractivity contribution is -0.384. The molecule has 0 saturated heterocycles. The van der Waals surface area contributed by atoms with Crippen LogP contribution in [0, 0.1) is 15.5 Å². The van der Waals surface area contributed by atoms with Crippen LogP contribution in [-0.2, 0) is 4.74 Å². The number of carbonyl (C=O) groups is 1. The minimum atomic E-state index is -0.661. The molecule has 8 heteroatoms. The Hall–Kier alpha value is -2.22. The first-order valence-corrected chi connectivity index (χ1v) is 6.10. The Balaban J connectivity index is 2.22. The third-order valence-corrected chi connectivity index (χ3v) is 3.39. The van der Waals surface area contributed by atoms with Crippen LogP contribution in [0.25, 0.3) is 0 Å². The second kappa shape index (κ2) is 5.41. The smallest absolute Gasteiger partial charge is 0.356 e. The van der Waals surface area contributed by atoms with E-state index >= 15 is 0 Å². The second-order valence-electron chi connectivity index (χ2n) is 4.82. The van der Waals surface area contributed by atoms with Gasteiger partial charge < -0.3 is 15.2 Å². The molecule has 1 saturated carbocycles. The summed E-state index contributed by atoms with van der Waals surface area (Å²) in [4.78, 5) is 25.7. The molecule has 0 atom stereocenters. The standard InChI is InChI=1S/C12H15N3O5/c1-20-11(17)8-2-3-9(15(18)19)10(14-8)13-6-12(7-16)4-5-12/h2-3,16H,4-7H2,1H3,(H,13,14). The number of nitrogens with zero attached hydrogens (tertiary/aromatic N) is 2. The number of methoxy groups -OCH3 is 1. The molecule has 2 N–H and O–H groups in total. The molecule has 20 heavy (non-hydrogen) atoms. The van der Waals surface area contributed by atoms with E-state index in [2.05, 4.69) is 15.0 Å². The lowest BCUT2D eigenvalue weighted by Gasteiger charge is -2.13. The quantitative estimate of drug-likeness (QED) is 0.453. The number of aliphatic hydroxyl groups is 1. The Morgan fingerprint density at radius 1 is 1.60 bits per heavy atom. The van der Waals surface area contributed by atoms with Gasteiger partial charge >= 0.3 is 11.7 Å². The van der Waals surface area contributed by atoms with Gasteiger partial charge in [0.1, 0.15) is 0 Å². The minimum Gasteiger partial charge on any atom is -0.464 e. The van der Waals surface area contributed by atoms with Crippen LogP contribution >= 0.6 is 0 Å². The largest absolute Gasteiger partial charge is 0.464 e. The number of ether oxygens (including phenoxy) is 1. The molecule has 1 aliphatic rings. The maximum atomic E-state index is 11.4. The highest BCUT2D eigenvalue weighted by Gasteiger charge is 2.42. The number of esters is 1. The van der Waals surface area contributed by atoms with E-state index in [1.807, 2.05) is 0 Å². The summed E-state index contributed by atoms with van der Waals surface area (Å²) in [5.41, 5.74) is -0.447. The first-order valence-electron chi connectivity index (χ1n) is 6.10. The number of carbonyl (C=O) groups excluding carboxylic acids is 1. The topological polar surface area (TPSA) is 115 Å². The molecule has 0 spiro atoms. The summed E-state index contributed by atoms with van der Waals surface area (Å²) in [6.07, 6.45) is 1.72. The van der Waals surface area contributed by atoms with Crippen LogP contribution in [0.2, 0.25) is 0 Å². The first kappa shape index (κ1) is 14.2. The number of pyridine rings is 1. The number of rotatable bonds is 6. The lowest BCUT2D eigenvalue weighted by Crippen LogP contribution is -2.20. The van der Waals surface area contributed by atoms with E-state index < -0.39 is 10.9 Å². The number of nitro groups is 1. The Bertz CT molecular complexity index is 542. The summed E-state index contributed by atoms with van der Waals surface area (Å²) in [5, 5.41) is 23.0. The fourth-order valence-electron chi connectivity index (χ4n) is 1.79. The molecule has 0 unspecified atom stereocenters. The number of hydrogen-bond acceptors (Lipinski definition) is 7. The normalized spacial score (nSPS) is 15.5. The van der Waals surface area contributed by atoms with Crippen LogP contribution in [0.3, 0.4) is 0 Å². The van der Waals surface area contributed by atoms with E-state index in [4.69, 9.17) is 0 Å². The highest BCUT2D eigenvalue weighted by atomic mass is 16.6. The van der Waals surface area contributed by atoms with Crippen molar-refractivity contribution in [2.24, 2.45) is 5.41 Å². The summed E-state index contributed by atoms with van der Waals surface area (Å²) >= 11 is 0. The van der Waals surface area contributed by atoms with Gasteiger partial charge in [0.05, 0.1) is 18.6 Å². The molecule has 8 nitrogen and oxygen atoms in total. The van der Waals surface area contributed by atoms with E-state index in [0.717, 1.165) is 12.8 Å². The maximum absolute atomic E-state index is 11.4. The van der Waals surface area contributed by atoms with Crippen molar-refractivity contribution in [2.75, 3.05) is 25.6 Å². The fourth-order valence-corrected chi connectivity index (χ4v) is 1.79. The number of nitrogens with one attached hydrogen (secondary N) is 1. The van der Waals surface area contributed by atoms with Gasteiger partial charge in [-0.1, -0.05) is 0 Å². The fraction of sp³-hybridized carbons (Fsp3) is 0.500. The summed E-state index contributed by atoms with van der Waals surface area (Å²) in [5.74, 6) is -0.649. The van der Waals surface area contributed by atoms with Gasteiger partial charge in [-0.15, -0.1) is 0 Å². The molecular weight excluding hydrogens is 266 g/mol. The molecule has 1 aliphatic carbocycles. The third-order valence-electron chi connectivity index (χ3n) is 3.39. The molecule has 1 aromatic heterocycles. The van der Waals surface area contributed by atoms with Gasteiger partial charge in [0.15, 0.2) is 5.69 Å². The van der Waals surface area contributed by atoms with Gasteiger partial charge in [0.25, 0.3) is 0 Å². The van der Waals surface area contributed by atoms with Crippen LogP contribution in [0.5, 0.6) is 0 Å². The molecule has 0 aliphatic heterocycles. The molecule has 1 fully saturated rings. The van der Waals surface area contributed by atoms with Crippen molar-refractivity contribution >= 4 is 17.5 Å². The molecule has 0 aromatic carbocycles. The molecule has 108 valence electrons. The van der Waals surface area contributed by atoms with Gasteiger partial charge in [-0.05, 0) is 18.9 Å². The molecule has 2 rings (SSSR count). The predicted molar refractivity (Wildman–Crippen MR) is 69.5 cm³/mol. The van der Waals surface area contributed by atoms with Crippen LogP contribution in [-0.4, -0.2) is 41.2 Å². The molecule has 0 amide bonds. The zero-order valence-corrected chi connectivity index (χ0v) is 11.0. The molecular formula is C12H15N3O5. The van der Waals surface area contributed by atoms with Crippen molar-refractivity contribution in [1.29, 1.82) is 0 Å². The second-order valence-corrected chi connectivity index (χ2v) is 4.82. The van der Waals surface area contributed by atoms with E-state index in [1.165, 1.54) is 19.2 Å². The Morgan fingerprint density at radius 2 is 2.30 bits per heavy atom. The maximum Gasteiger partial charge on any atom is 0.356 e. The zero-order chi connectivity index (χ0) is 14.8. The highest BCUT2D eigenvalue weighted by molar-refractivity contribution is 5.88. The SMILES string of the molecule is COC(=O)c1ccc([N+](=O)[O-])c(NCC2(CO)CC2)n1. The van der Waals surface area contributed by atoms with Crippen LogP contribution in [0.4, 0.5) is 11.5 Å². The van der Waals surface area contributed by atoms with Crippen LogP contribution in [0.15, 0.2) is 12.1 Å². The lowest BCUT2D eigenvalue weighted by atomic mass is 10.1. The summed E-state index contributed by atoms with van der Waals surface area (Å²) in [6.45, 7) is 0.395. The number of anilines is 1. The van der Waals surface area contributed by atoms with E-state index in [9.17, 15) is 20.0 Å². The number of aromatic nitrogens is 1. The third kappa shape index (κ3) is 2.85. The van der Waals surface area contributed by atoms with Gasteiger partial charge in [0.2, 0.25) is 5.82 Å². The molecule has 1 heterocycles. The van der Waals surface area contributed by atoms with Crippen molar-refractivity contribution in [3.63, 3.8) is 0 Å². The zero-order valence-electron chi connectivity index (χ0n) is 11.0. The van der Waals surface area contributed by atoms with Gasteiger partial charge in [-0.25, -0.2) is 9.78 Å². The Morgan fingerprint density at radius 3 is 2.80 bits per heavy atom. The summed E-state index contributed by atoms with van der Waals surface area (Å²) in [6, 6.07) is 2.45. The predicted octanol–water partition coefficient (Wildman–Crippen LogP) is 0.961. The Labute approximate surface area is 114 Å². The van der Waals surface area contributed by atoms with Gasteiger partial charge in [0, 0.05) is 18.0 Å². The first-order chi connectivity index (χ1) is 9.51. The Kier molecular flexibility index (Phi) is 3.84. The summed E-state index contributed by atoms with van der Waals surface area (Å²) < 4.78 is 4.53. The van der Waals surface area contributed by atoms with E-state index in [1.54, 1.807) is 0 Å². The van der Waals surface area contributed by atoms with Crippen LogP contribution in [0.1, 0.15) is 23.3 Å².